The average molecular weight is 255 g/mol. The molecular weight excluding hydrogens is 242 g/mol. The van der Waals surface area contributed by atoms with Crippen LogP contribution in [-0.2, 0) is 4.79 Å². The molecule has 2 heterocycles. The van der Waals surface area contributed by atoms with Crippen molar-refractivity contribution in [1.29, 1.82) is 0 Å². The lowest BCUT2D eigenvalue weighted by atomic mass is 9.95. The first kappa shape index (κ1) is 11.6. The van der Waals surface area contributed by atoms with E-state index in [1.54, 1.807) is 25.1 Å². The summed E-state index contributed by atoms with van der Waals surface area (Å²) >= 11 is 0. The highest BCUT2D eigenvalue weighted by Gasteiger charge is 2.36. The van der Waals surface area contributed by atoms with Gasteiger partial charge in [0.25, 0.3) is 5.91 Å². The van der Waals surface area contributed by atoms with Gasteiger partial charge in [0.05, 0.1) is 5.69 Å². The minimum atomic E-state index is -0.826. The maximum Gasteiger partial charge on any atom is 0.265 e. The van der Waals surface area contributed by atoms with Crippen LogP contribution in [0.3, 0.4) is 0 Å². The van der Waals surface area contributed by atoms with E-state index in [1.165, 1.54) is 4.68 Å². The number of hydrogen-bond donors (Lipinski definition) is 1. The first-order chi connectivity index (χ1) is 9.06. The molecule has 96 valence electrons. The summed E-state index contributed by atoms with van der Waals surface area (Å²) in [5.41, 5.74) is 2.48. The fraction of sp³-hybridized carbons (Fsp3) is 0.214. The van der Waals surface area contributed by atoms with Gasteiger partial charge in [-0.05, 0) is 19.4 Å². The van der Waals surface area contributed by atoms with Gasteiger partial charge in [0.15, 0.2) is 0 Å². The highest BCUT2D eigenvalue weighted by atomic mass is 16.2. The molecule has 1 N–H and O–H groups in total. The monoisotopic (exact) mass is 255 g/mol. The number of nitrogens with zero attached hydrogens (tertiary/aromatic N) is 2. The fourth-order valence-electron chi connectivity index (χ4n) is 2.24. The summed E-state index contributed by atoms with van der Waals surface area (Å²) in [4.78, 5) is 24.5. The van der Waals surface area contributed by atoms with Gasteiger partial charge >= 0.3 is 0 Å². The molecule has 2 aromatic rings. The maximum absolute atomic E-state index is 12.4. The first-order valence-electron chi connectivity index (χ1n) is 6.04. The van der Waals surface area contributed by atoms with Crippen LogP contribution in [0.25, 0.3) is 0 Å². The molecule has 5 nitrogen and oxygen atoms in total. The second kappa shape index (κ2) is 4.05. The van der Waals surface area contributed by atoms with Crippen LogP contribution in [0.5, 0.6) is 0 Å². The molecule has 0 saturated carbocycles. The van der Waals surface area contributed by atoms with Gasteiger partial charge in [-0.15, -0.1) is 0 Å². The zero-order valence-corrected chi connectivity index (χ0v) is 10.7. The number of aromatic nitrogens is 2. The van der Waals surface area contributed by atoms with Gasteiger partial charge in [0.1, 0.15) is 11.7 Å². The van der Waals surface area contributed by atoms with E-state index in [0.29, 0.717) is 17.1 Å². The van der Waals surface area contributed by atoms with Gasteiger partial charge in [-0.3, -0.25) is 9.59 Å². The van der Waals surface area contributed by atoms with Crippen LogP contribution in [-0.4, -0.2) is 21.6 Å². The number of benzene rings is 1. The number of rotatable bonds is 1. The Morgan fingerprint density at radius 3 is 2.53 bits per heavy atom. The maximum atomic E-state index is 12.4. The average Bonchev–Trinajstić information content (AvgIpc) is 2.72. The zero-order valence-electron chi connectivity index (χ0n) is 10.7. The van der Waals surface area contributed by atoms with E-state index in [1.807, 2.05) is 19.1 Å². The highest BCUT2D eigenvalue weighted by Crippen LogP contribution is 2.27. The van der Waals surface area contributed by atoms with E-state index >= 15 is 0 Å². The van der Waals surface area contributed by atoms with Crippen LogP contribution in [0, 0.1) is 13.8 Å². The predicted octanol–water partition coefficient (Wildman–Crippen LogP) is 1.88. The minimum absolute atomic E-state index is 0.304. The molecule has 3 rings (SSSR count). The summed E-state index contributed by atoms with van der Waals surface area (Å²) in [5, 5.41) is 6.83. The number of hydrogen-bond acceptors (Lipinski definition) is 3. The lowest BCUT2D eigenvalue weighted by molar-refractivity contribution is -0.117. The van der Waals surface area contributed by atoms with Crippen molar-refractivity contribution < 1.29 is 9.59 Å². The van der Waals surface area contributed by atoms with Crippen molar-refractivity contribution in [3.05, 3.63) is 47.2 Å². The van der Waals surface area contributed by atoms with E-state index in [0.717, 1.165) is 5.56 Å². The predicted molar refractivity (Wildman–Crippen MR) is 70.1 cm³/mol. The van der Waals surface area contributed by atoms with Crippen molar-refractivity contribution >= 4 is 17.6 Å². The van der Waals surface area contributed by atoms with Crippen molar-refractivity contribution in [2.75, 3.05) is 5.32 Å². The number of aryl methyl sites for hydroxylation is 2. The molecule has 0 radical (unpaired) electrons. The Kier molecular flexibility index (Phi) is 2.48. The van der Waals surface area contributed by atoms with Crippen LogP contribution in [0.1, 0.15) is 27.5 Å². The van der Waals surface area contributed by atoms with E-state index in [2.05, 4.69) is 10.4 Å². The fourth-order valence-corrected chi connectivity index (χ4v) is 2.24. The van der Waals surface area contributed by atoms with Gasteiger partial charge in [-0.2, -0.15) is 9.78 Å². The number of anilines is 1. The largest absolute Gasteiger partial charge is 0.309 e. The van der Waals surface area contributed by atoms with E-state index in [9.17, 15) is 9.59 Å². The number of amides is 1. The van der Waals surface area contributed by atoms with Gasteiger partial charge in [0, 0.05) is 6.07 Å². The Balaban J connectivity index is 2.06. The van der Waals surface area contributed by atoms with Gasteiger partial charge in [0.2, 0.25) is 5.91 Å². The van der Waals surface area contributed by atoms with Crippen LogP contribution < -0.4 is 5.32 Å². The SMILES string of the molecule is Cc1ccc(C2C(=O)Nc3cc(C)nn3C2=O)cc1. The Morgan fingerprint density at radius 1 is 1.16 bits per heavy atom. The molecule has 1 amide bonds. The lowest BCUT2D eigenvalue weighted by Gasteiger charge is -2.22. The summed E-state index contributed by atoms with van der Waals surface area (Å²) in [6, 6.07) is 9.07. The number of nitrogens with one attached hydrogen (secondary N) is 1. The second-order valence-corrected chi connectivity index (χ2v) is 4.75. The van der Waals surface area contributed by atoms with Gasteiger partial charge in [-0.1, -0.05) is 29.8 Å². The molecule has 19 heavy (non-hydrogen) atoms. The minimum Gasteiger partial charge on any atom is -0.309 e. The summed E-state index contributed by atoms with van der Waals surface area (Å²) in [7, 11) is 0. The summed E-state index contributed by atoms with van der Waals surface area (Å²) < 4.78 is 1.27. The molecular formula is C14H13N3O2. The van der Waals surface area contributed by atoms with Gasteiger partial charge < -0.3 is 5.32 Å². The number of fused-ring (bicyclic) bond motifs is 1. The van der Waals surface area contributed by atoms with Crippen molar-refractivity contribution in [3.63, 3.8) is 0 Å². The smallest absolute Gasteiger partial charge is 0.265 e. The quantitative estimate of drug-likeness (QED) is 0.791. The third-order valence-electron chi connectivity index (χ3n) is 3.21. The van der Waals surface area contributed by atoms with Crippen molar-refractivity contribution in [3.8, 4) is 0 Å². The molecule has 0 bridgehead atoms. The Morgan fingerprint density at radius 2 is 1.84 bits per heavy atom. The Bertz CT molecular complexity index is 670. The second-order valence-electron chi connectivity index (χ2n) is 4.75. The summed E-state index contributed by atoms with van der Waals surface area (Å²) in [6.07, 6.45) is 0. The van der Waals surface area contributed by atoms with Crippen molar-refractivity contribution in [1.82, 2.24) is 9.78 Å². The standard InChI is InChI=1S/C14H13N3O2/c1-8-3-5-10(6-4-8)12-13(18)15-11-7-9(2)16-17(11)14(12)19/h3-7,12H,1-2H3,(H,15,18). The molecule has 0 fully saturated rings. The van der Waals surface area contributed by atoms with Gasteiger partial charge in [-0.25, -0.2) is 0 Å². The molecule has 0 spiro atoms. The van der Waals surface area contributed by atoms with Crippen LogP contribution >= 0.6 is 0 Å². The molecule has 5 heteroatoms. The molecule has 1 aliphatic rings. The number of carbonyl (C=O) groups is 2. The van der Waals surface area contributed by atoms with Crippen molar-refractivity contribution in [2.45, 2.75) is 19.8 Å². The first-order valence-corrected chi connectivity index (χ1v) is 6.04. The summed E-state index contributed by atoms with van der Waals surface area (Å²) in [5.74, 6) is -1.000. The molecule has 1 aromatic carbocycles. The number of carbonyl (C=O) groups excluding carboxylic acids is 2. The van der Waals surface area contributed by atoms with E-state index in [4.69, 9.17) is 0 Å². The van der Waals surface area contributed by atoms with Crippen LogP contribution in [0.4, 0.5) is 5.82 Å². The zero-order chi connectivity index (χ0) is 13.6. The van der Waals surface area contributed by atoms with Crippen molar-refractivity contribution in [2.24, 2.45) is 0 Å². The third-order valence-corrected chi connectivity index (χ3v) is 3.21. The Hall–Kier alpha value is -2.43. The molecule has 1 unspecified atom stereocenters. The molecule has 1 atom stereocenters. The molecule has 0 aliphatic carbocycles. The summed E-state index contributed by atoms with van der Waals surface area (Å²) in [6.45, 7) is 3.74. The van der Waals surface area contributed by atoms with E-state index < -0.39 is 5.92 Å². The lowest BCUT2D eigenvalue weighted by Crippen LogP contribution is -2.38. The highest BCUT2D eigenvalue weighted by molar-refractivity contribution is 6.15. The van der Waals surface area contributed by atoms with Crippen LogP contribution in [0.15, 0.2) is 30.3 Å². The Labute approximate surface area is 110 Å². The van der Waals surface area contributed by atoms with E-state index in [-0.39, 0.29) is 11.8 Å². The molecule has 1 aliphatic heterocycles. The van der Waals surface area contributed by atoms with Crippen LogP contribution in [0.2, 0.25) is 0 Å². The normalized spacial score (nSPS) is 18.1. The molecule has 1 aromatic heterocycles. The topological polar surface area (TPSA) is 64.0 Å². The third kappa shape index (κ3) is 1.83. The molecule has 0 saturated heterocycles.